The van der Waals surface area contributed by atoms with Gasteiger partial charge in [0.1, 0.15) is 0 Å². The molecule has 3 aromatic rings. The highest BCUT2D eigenvalue weighted by molar-refractivity contribution is 9.10. The first-order chi connectivity index (χ1) is 17.4. The van der Waals surface area contributed by atoms with Gasteiger partial charge in [0.15, 0.2) is 15.8 Å². The minimum absolute atomic E-state index is 0.223. The van der Waals surface area contributed by atoms with E-state index in [4.69, 9.17) is 33.3 Å². The number of hydrazine groups is 1. The molecule has 0 aliphatic carbocycles. The number of halogens is 2. The third-order valence-electron chi connectivity index (χ3n) is 5.14. The van der Waals surface area contributed by atoms with Gasteiger partial charge in [-0.05, 0) is 81.7 Å². The number of amides is 2. The molecule has 0 radical (unpaired) electrons. The van der Waals surface area contributed by atoms with E-state index in [1.807, 2.05) is 36.4 Å². The number of nitrogens with one attached hydrogen (secondary N) is 1. The molecule has 0 atom stereocenters. The smallest absolute Gasteiger partial charge is 0.285 e. The van der Waals surface area contributed by atoms with Gasteiger partial charge in [0.2, 0.25) is 0 Å². The molecule has 10 heteroatoms. The molecule has 4 rings (SSSR count). The number of thioether (sulfide) groups is 1. The molecule has 2 amide bonds. The van der Waals surface area contributed by atoms with Gasteiger partial charge in [-0.2, -0.15) is 5.01 Å². The number of carbonyl (C=O) groups excluding carboxylic acids is 2. The molecule has 1 N–H and O–H groups in total. The van der Waals surface area contributed by atoms with Crippen molar-refractivity contribution in [3.8, 4) is 11.5 Å². The van der Waals surface area contributed by atoms with Gasteiger partial charge in [-0.15, -0.1) is 0 Å². The summed E-state index contributed by atoms with van der Waals surface area (Å²) in [7, 11) is 1.56. The minimum atomic E-state index is -0.467. The van der Waals surface area contributed by atoms with E-state index in [0.717, 1.165) is 23.2 Å². The molecule has 3 aromatic carbocycles. The maximum atomic E-state index is 13.0. The first kappa shape index (κ1) is 26.2. The Bertz CT molecular complexity index is 1330. The summed E-state index contributed by atoms with van der Waals surface area (Å²) in [6.45, 7) is 0.476. The number of ether oxygens (including phenoxy) is 2. The molecule has 36 heavy (non-hydrogen) atoms. The molecule has 6 nitrogen and oxygen atoms in total. The lowest BCUT2D eigenvalue weighted by atomic mass is 10.1. The summed E-state index contributed by atoms with van der Waals surface area (Å²) < 4.78 is 12.4. The second-order valence-corrected chi connectivity index (χ2v) is 10.5. The van der Waals surface area contributed by atoms with E-state index in [1.54, 1.807) is 43.5 Å². The Labute approximate surface area is 231 Å². The monoisotopic (exact) mass is 602 g/mol. The Balaban J connectivity index is 1.47. The van der Waals surface area contributed by atoms with Crippen LogP contribution in [0, 0.1) is 0 Å². The lowest BCUT2D eigenvalue weighted by Gasteiger charge is -2.15. The van der Waals surface area contributed by atoms with Gasteiger partial charge in [0, 0.05) is 17.0 Å². The van der Waals surface area contributed by atoms with Crippen LogP contribution in [0.1, 0.15) is 21.5 Å². The summed E-state index contributed by atoms with van der Waals surface area (Å²) >= 11 is 15.8. The summed E-state index contributed by atoms with van der Waals surface area (Å²) in [6.07, 6.45) is 2.44. The summed E-state index contributed by atoms with van der Waals surface area (Å²) in [5, 5.41) is 1.57. The van der Waals surface area contributed by atoms with Crippen LogP contribution in [0.3, 0.4) is 0 Å². The lowest BCUT2D eigenvalue weighted by molar-refractivity contribution is -0.123. The Morgan fingerprint density at radius 1 is 1.17 bits per heavy atom. The van der Waals surface area contributed by atoms with Crippen molar-refractivity contribution in [2.45, 2.75) is 6.42 Å². The fraction of sp³-hybridized carbons (Fsp3) is 0.115. The van der Waals surface area contributed by atoms with Crippen LogP contribution in [-0.4, -0.2) is 34.9 Å². The first-order valence-electron chi connectivity index (χ1n) is 10.7. The molecule has 0 saturated carbocycles. The van der Waals surface area contributed by atoms with Gasteiger partial charge in [0.25, 0.3) is 11.8 Å². The second-order valence-electron chi connectivity index (χ2n) is 7.58. The van der Waals surface area contributed by atoms with E-state index in [2.05, 4.69) is 21.4 Å². The maximum absolute atomic E-state index is 13.0. The van der Waals surface area contributed by atoms with Crippen LogP contribution in [0.5, 0.6) is 11.5 Å². The van der Waals surface area contributed by atoms with Crippen LogP contribution in [0.4, 0.5) is 0 Å². The molecule has 0 spiro atoms. The van der Waals surface area contributed by atoms with Crippen LogP contribution >= 0.6 is 51.5 Å². The van der Waals surface area contributed by atoms with Crippen LogP contribution in [0.25, 0.3) is 6.08 Å². The minimum Gasteiger partial charge on any atom is -0.493 e. The van der Waals surface area contributed by atoms with Crippen LogP contribution in [-0.2, 0) is 11.2 Å². The van der Waals surface area contributed by atoms with E-state index in [9.17, 15) is 9.59 Å². The fourth-order valence-electron chi connectivity index (χ4n) is 3.36. The Hall–Kier alpha value is -2.85. The Kier molecular flexibility index (Phi) is 8.68. The molecule has 0 unspecified atom stereocenters. The zero-order valence-electron chi connectivity index (χ0n) is 19.0. The zero-order chi connectivity index (χ0) is 25.7. The predicted octanol–water partition coefficient (Wildman–Crippen LogP) is 6.28. The first-order valence-corrected chi connectivity index (χ1v) is 13.1. The standard InChI is InChI=1S/C26H20BrClN2O4S2/c1-33-21-14-17(13-20(27)23(21)34-12-11-16-5-3-2-4-6-16)15-22-25(32)30(26(35)36-22)29-24(31)18-7-9-19(28)10-8-18/h2-10,13-15H,11-12H2,1H3,(H,29,31)/b22-15-. The zero-order valence-corrected chi connectivity index (χ0v) is 23.0. The number of hydrogen-bond donors (Lipinski definition) is 1. The van der Waals surface area contributed by atoms with Crippen molar-refractivity contribution in [1.82, 2.24) is 10.4 Å². The number of nitrogens with zero attached hydrogens (tertiary/aromatic N) is 1. The van der Waals surface area contributed by atoms with Crippen LogP contribution in [0.2, 0.25) is 5.02 Å². The van der Waals surface area contributed by atoms with Gasteiger partial charge in [-0.25, -0.2) is 0 Å². The van der Waals surface area contributed by atoms with Crippen molar-refractivity contribution in [1.29, 1.82) is 0 Å². The van der Waals surface area contributed by atoms with Crippen molar-refractivity contribution >= 4 is 73.7 Å². The van der Waals surface area contributed by atoms with E-state index < -0.39 is 11.8 Å². The largest absolute Gasteiger partial charge is 0.493 e. The average Bonchev–Trinajstić information content (AvgIpc) is 3.13. The highest BCUT2D eigenvalue weighted by Crippen LogP contribution is 2.39. The van der Waals surface area contributed by atoms with Crippen molar-refractivity contribution in [2.24, 2.45) is 0 Å². The van der Waals surface area contributed by atoms with Crippen LogP contribution < -0.4 is 14.9 Å². The topological polar surface area (TPSA) is 67.9 Å². The number of methoxy groups -OCH3 is 1. The molecule has 1 aliphatic rings. The average molecular weight is 604 g/mol. The van der Waals surface area contributed by atoms with E-state index in [0.29, 0.717) is 43.6 Å². The van der Waals surface area contributed by atoms with Crippen molar-refractivity contribution in [3.63, 3.8) is 0 Å². The number of rotatable bonds is 8. The fourth-order valence-corrected chi connectivity index (χ4v) is 5.24. The second kappa shape index (κ2) is 11.9. The third kappa shape index (κ3) is 6.28. The molecule has 0 aromatic heterocycles. The SMILES string of the molecule is COc1cc(/C=C2\SC(=S)N(NC(=O)c3ccc(Cl)cc3)C2=O)cc(Br)c1OCCc1ccccc1. The molecule has 1 aliphatic heterocycles. The molecular weight excluding hydrogens is 584 g/mol. The summed E-state index contributed by atoms with van der Waals surface area (Å²) in [4.78, 5) is 25.9. The normalized spacial score (nSPS) is 14.3. The van der Waals surface area contributed by atoms with Gasteiger partial charge in [-0.3, -0.25) is 15.0 Å². The predicted molar refractivity (Wildman–Crippen MR) is 150 cm³/mol. The number of benzene rings is 3. The molecule has 0 bridgehead atoms. The molecular formula is C26H20BrClN2O4S2. The molecule has 1 saturated heterocycles. The Morgan fingerprint density at radius 3 is 2.58 bits per heavy atom. The van der Waals surface area contributed by atoms with E-state index in [-0.39, 0.29) is 4.32 Å². The van der Waals surface area contributed by atoms with Gasteiger partial charge >= 0.3 is 0 Å². The van der Waals surface area contributed by atoms with Crippen molar-refractivity contribution in [2.75, 3.05) is 13.7 Å². The summed E-state index contributed by atoms with van der Waals surface area (Å²) in [6, 6.07) is 20.0. The van der Waals surface area contributed by atoms with Gasteiger partial charge < -0.3 is 9.47 Å². The molecule has 1 fully saturated rings. The molecule has 184 valence electrons. The van der Waals surface area contributed by atoms with Gasteiger partial charge in [-0.1, -0.05) is 53.7 Å². The number of thiocarbonyl (C=S) groups is 1. The summed E-state index contributed by atoms with van der Waals surface area (Å²) in [5.74, 6) is 0.208. The lowest BCUT2D eigenvalue weighted by Crippen LogP contribution is -2.44. The third-order valence-corrected chi connectivity index (χ3v) is 7.29. The van der Waals surface area contributed by atoms with Crippen molar-refractivity contribution < 1.29 is 19.1 Å². The molecule has 1 heterocycles. The van der Waals surface area contributed by atoms with E-state index in [1.165, 1.54) is 5.56 Å². The highest BCUT2D eigenvalue weighted by atomic mass is 79.9. The number of carbonyl (C=O) groups is 2. The Morgan fingerprint density at radius 2 is 1.89 bits per heavy atom. The highest BCUT2D eigenvalue weighted by Gasteiger charge is 2.34. The van der Waals surface area contributed by atoms with Crippen molar-refractivity contribution in [3.05, 3.63) is 97.8 Å². The summed E-state index contributed by atoms with van der Waals surface area (Å²) in [5.41, 5.74) is 4.79. The van der Waals surface area contributed by atoms with Crippen LogP contribution in [0.15, 0.2) is 76.1 Å². The maximum Gasteiger partial charge on any atom is 0.285 e. The number of hydrogen-bond acceptors (Lipinski definition) is 6. The van der Waals surface area contributed by atoms with E-state index >= 15 is 0 Å². The van der Waals surface area contributed by atoms with Gasteiger partial charge in [0.05, 0.1) is 23.1 Å². The quantitative estimate of drug-likeness (QED) is 0.242.